The molecule has 1 aromatic rings. The maximum atomic E-state index is 12.2. The van der Waals surface area contributed by atoms with Crippen molar-refractivity contribution in [2.75, 3.05) is 19.7 Å². The molecule has 2 heterocycles. The Balaban J connectivity index is 1.83. The van der Waals surface area contributed by atoms with Crippen LogP contribution in [-0.2, 0) is 11.3 Å². The number of pyridine rings is 1. The molecule has 24 heavy (non-hydrogen) atoms. The Morgan fingerprint density at radius 1 is 1.42 bits per heavy atom. The summed E-state index contributed by atoms with van der Waals surface area (Å²) in [6.07, 6.45) is 4.68. The summed E-state index contributed by atoms with van der Waals surface area (Å²) < 4.78 is 5.65. The van der Waals surface area contributed by atoms with Gasteiger partial charge in [0.05, 0.1) is 12.5 Å². The molecule has 1 aliphatic rings. The van der Waals surface area contributed by atoms with Crippen molar-refractivity contribution < 1.29 is 19.4 Å². The first-order chi connectivity index (χ1) is 11.6. The van der Waals surface area contributed by atoms with E-state index in [1.54, 1.807) is 11.1 Å². The van der Waals surface area contributed by atoms with E-state index in [2.05, 4.69) is 17.2 Å². The zero-order valence-corrected chi connectivity index (χ0v) is 14.0. The highest BCUT2D eigenvalue weighted by Gasteiger charge is 2.26. The van der Waals surface area contributed by atoms with E-state index < -0.39 is 5.97 Å². The lowest BCUT2D eigenvalue weighted by Crippen LogP contribution is -2.45. The van der Waals surface area contributed by atoms with Gasteiger partial charge in [0.1, 0.15) is 0 Å². The Bertz CT molecular complexity index is 557. The number of unbranched alkanes of at least 4 members (excludes halogenated alkanes) is 1. The van der Waals surface area contributed by atoms with Crippen molar-refractivity contribution in [1.29, 1.82) is 0 Å². The highest BCUT2D eigenvalue weighted by molar-refractivity contribution is 5.75. The van der Waals surface area contributed by atoms with Crippen molar-refractivity contribution in [3.8, 4) is 5.88 Å². The number of urea groups is 1. The lowest BCUT2D eigenvalue weighted by molar-refractivity contribution is -0.143. The van der Waals surface area contributed by atoms with Crippen molar-refractivity contribution >= 4 is 12.0 Å². The Morgan fingerprint density at radius 3 is 2.83 bits per heavy atom. The number of hydrogen-bond donors (Lipinski definition) is 2. The zero-order valence-electron chi connectivity index (χ0n) is 14.0. The Hall–Kier alpha value is -2.31. The van der Waals surface area contributed by atoms with Crippen molar-refractivity contribution in [3.05, 3.63) is 23.9 Å². The number of aliphatic carboxylic acids is 1. The van der Waals surface area contributed by atoms with Crippen LogP contribution in [0.2, 0.25) is 0 Å². The number of nitrogens with zero attached hydrogens (tertiary/aromatic N) is 2. The van der Waals surface area contributed by atoms with Crippen molar-refractivity contribution in [1.82, 2.24) is 15.2 Å². The lowest BCUT2D eigenvalue weighted by atomic mass is 9.97. The van der Waals surface area contributed by atoms with Crippen molar-refractivity contribution in [2.45, 2.75) is 39.2 Å². The lowest BCUT2D eigenvalue weighted by Gasteiger charge is -2.30. The number of rotatable bonds is 7. The predicted molar refractivity (Wildman–Crippen MR) is 88.8 cm³/mol. The van der Waals surface area contributed by atoms with Gasteiger partial charge in [-0.25, -0.2) is 9.78 Å². The number of ether oxygens (including phenoxy) is 1. The number of nitrogens with one attached hydrogen (secondary N) is 1. The molecule has 0 unspecified atom stereocenters. The molecule has 1 fully saturated rings. The highest BCUT2D eigenvalue weighted by atomic mass is 16.5. The van der Waals surface area contributed by atoms with Crippen molar-refractivity contribution in [2.24, 2.45) is 5.92 Å². The molecule has 0 saturated carbocycles. The third kappa shape index (κ3) is 5.11. The molecule has 2 amide bonds. The maximum Gasteiger partial charge on any atom is 0.317 e. The second kappa shape index (κ2) is 9.10. The number of hydrogen-bond acceptors (Lipinski definition) is 4. The first-order valence-corrected chi connectivity index (χ1v) is 8.44. The fourth-order valence-electron chi connectivity index (χ4n) is 2.61. The van der Waals surface area contributed by atoms with Gasteiger partial charge in [0.25, 0.3) is 0 Å². The van der Waals surface area contributed by atoms with Crippen LogP contribution < -0.4 is 10.1 Å². The average molecular weight is 335 g/mol. The molecule has 0 atom stereocenters. The number of aromatic nitrogens is 1. The van der Waals surface area contributed by atoms with E-state index in [-0.39, 0.29) is 11.9 Å². The molecule has 0 aliphatic carbocycles. The SMILES string of the molecule is CCCCOc1ncccc1CNC(=O)N1CCC(C(=O)O)CC1. The molecular formula is C17H25N3O4. The monoisotopic (exact) mass is 335 g/mol. The molecule has 0 radical (unpaired) electrons. The normalized spacial score (nSPS) is 15.1. The minimum atomic E-state index is -0.778. The summed E-state index contributed by atoms with van der Waals surface area (Å²) in [5.41, 5.74) is 0.836. The van der Waals surface area contributed by atoms with Gasteiger partial charge < -0.3 is 20.1 Å². The number of carboxylic acid groups (broad SMARTS) is 1. The molecule has 0 aromatic carbocycles. The zero-order chi connectivity index (χ0) is 17.4. The molecule has 7 nitrogen and oxygen atoms in total. The number of carboxylic acids is 1. The van der Waals surface area contributed by atoms with E-state index >= 15 is 0 Å². The second-order valence-corrected chi connectivity index (χ2v) is 5.93. The van der Waals surface area contributed by atoms with Crippen LogP contribution in [0.15, 0.2) is 18.3 Å². The minimum Gasteiger partial charge on any atom is -0.481 e. The summed E-state index contributed by atoms with van der Waals surface area (Å²) in [6, 6.07) is 3.51. The number of carbonyl (C=O) groups excluding carboxylic acids is 1. The third-order valence-electron chi connectivity index (χ3n) is 4.15. The van der Waals surface area contributed by atoms with E-state index in [1.807, 2.05) is 12.1 Å². The fraction of sp³-hybridized carbons (Fsp3) is 0.588. The summed E-state index contributed by atoms with van der Waals surface area (Å²) >= 11 is 0. The molecule has 2 N–H and O–H groups in total. The van der Waals surface area contributed by atoms with Crippen LogP contribution in [0.25, 0.3) is 0 Å². The van der Waals surface area contributed by atoms with Crippen LogP contribution in [0.4, 0.5) is 4.79 Å². The molecule has 0 bridgehead atoms. The first-order valence-electron chi connectivity index (χ1n) is 8.44. The minimum absolute atomic E-state index is 0.179. The van der Waals surface area contributed by atoms with Gasteiger partial charge in [-0.05, 0) is 25.3 Å². The van der Waals surface area contributed by atoms with Crippen LogP contribution in [0.5, 0.6) is 5.88 Å². The fourth-order valence-corrected chi connectivity index (χ4v) is 2.61. The van der Waals surface area contributed by atoms with Gasteiger partial charge in [-0.1, -0.05) is 19.4 Å². The van der Waals surface area contributed by atoms with E-state index in [1.165, 1.54) is 0 Å². The molecule has 1 aliphatic heterocycles. The number of piperidine rings is 1. The van der Waals surface area contributed by atoms with Gasteiger partial charge in [0, 0.05) is 31.4 Å². The Morgan fingerprint density at radius 2 is 2.17 bits per heavy atom. The average Bonchev–Trinajstić information content (AvgIpc) is 2.61. The van der Waals surface area contributed by atoms with Crippen molar-refractivity contribution in [3.63, 3.8) is 0 Å². The predicted octanol–water partition coefficient (Wildman–Crippen LogP) is 2.27. The third-order valence-corrected chi connectivity index (χ3v) is 4.15. The molecular weight excluding hydrogens is 310 g/mol. The van der Waals surface area contributed by atoms with E-state index in [0.29, 0.717) is 45.0 Å². The van der Waals surface area contributed by atoms with Gasteiger partial charge in [0.2, 0.25) is 5.88 Å². The van der Waals surface area contributed by atoms with E-state index in [4.69, 9.17) is 9.84 Å². The van der Waals surface area contributed by atoms with E-state index in [0.717, 1.165) is 18.4 Å². The van der Waals surface area contributed by atoms with Gasteiger partial charge >= 0.3 is 12.0 Å². The molecule has 132 valence electrons. The molecule has 0 spiro atoms. The van der Waals surface area contributed by atoms with Gasteiger partial charge in [-0.2, -0.15) is 0 Å². The summed E-state index contributed by atoms with van der Waals surface area (Å²) in [4.78, 5) is 29.1. The maximum absolute atomic E-state index is 12.2. The highest BCUT2D eigenvalue weighted by Crippen LogP contribution is 2.18. The standard InChI is InChI=1S/C17H25N3O4/c1-2-3-11-24-15-14(5-4-8-18-15)12-19-17(23)20-9-6-13(7-10-20)16(21)22/h4-5,8,13H,2-3,6-7,9-12H2,1H3,(H,19,23)(H,21,22). The van der Waals surface area contributed by atoms with Gasteiger partial charge in [-0.15, -0.1) is 0 Å². The van der Waals surface area contributed by atoms with Crippen LogP contribution in [0.3, 0.4) is 0 Å². The van der Waals surface area contributed by atoms with Gasteiger partial charge in [0.15, 0.2) is 0 Å². The van der Waals surface area contributed by atoms with Crippen LogP contribution >= 0.6 is 0 Å². The summed E-state index contributed by atoms with van der Waals surface area (Å²) in [7, 11) is 0. The number of amides is 2. The smallest absolute Gasteiger partial charge is 0.317 e. The molecule has 1 saturated heterocycles. The van der Waals surface area contributed by atoms with Crippen LogP contribution in [-0.4, -0.2) is 46.7 Å². The summed E-state index contributed by atoms with van der Waals surface area (Å²) in [5.74, 6) is -0.568. The Labute approximate surface area is 142 Å². The number of likely N-dealkylation sites (tertiary alicyclic amines) is 1. The topological polar surface area (TPSA) is 91.8 Å². The Kier molecular flexibility index (Phi) is 6.84. The summed E-state index contributed by atoms with van der Waals surface area (Å²) in [6.45, 7) is 3.98. The van der Waals surface area contributed by atoms with Crippen LogP contribution in [0, 0.1) is 5.92 Å². The molecule has 7 heteroatoms. The largest absolute Gasteiger partial charge is 0.481 e. The molecule has 2 rings (SSSR count). The van der Waals surface area contributed by atoms with Gasteiger partial charge in [-0.3, -0.25) is 4.79 Å². The van der Waals surface area contributed by atoms with E-state index in [9.17, 15) is 9.59 Å². The molecule has 1 aromatic heterocycles. The summed E-state index contributed by atoms with van der Waals surface area (Å²) in [5, 5.41) is 11.9. The second-order valence-electron chi connectivity index (χ2n) is 5.93. The quantitative estimate of drug-likeness (QED) is 0.746. The first kappa shape index (κ1) is 18.0. The number of carbonyl (C=O) groups is 2. The van der Waals surface area contributed by atoms with Crippen LogP contribution in [0.1, 0.15) is 38.2 Å².